The van der Waals surface area contributed by atoms with Crippen LogP contribution < -0.4 is 0 Å². The van der Waals surface area contributed by atoms with Crippen LogP contribution in [0.3, 0.4) is 0 Å². The van der Waals surface area contributed by atoms with Crippen LogP contribution in [0.2, 0.25) is 0 Å². The Hall–Kier alpha value is 1.56. The van der Waals surface area contributed by atoms with Gasteiger partial charge in [0.2, 0.25) is 0 Å². The molecule has 4 heteroatoms. The van der Waals surface area contributed by atoms with E-state index in [1.807, 2.05) is 0 Å². The van der Waals surface area contributed by atoms with Gasteiger partial charge in [0, 0.05) is 0 Å². The molecule has 0 N–H and O–H groups in total. The van der Waals surface area contributed by atoms with Crippen molar-refractivity contribution in [2.75, 3.05) is 0 Å². The molecular formula is H2PS2W-. The number of rotatable bonds is 0. The molecule has 0 radical (unpaired) electrons. The molecule has 0 aliphatic carbocycles. The van der Waals surface area contributed by atoms with Gasteiger partial charge in [0.25, 0.3) is 0 Å². The van der Waals surface area contributed by atoms with Crippen LogP contribution in [0.4, 0.5) is 0 Å². The van der Waals surface area contributed by atoms with Crippen molar-refractivity contribution in [3.8, 4) is 0 Å². The molecule has 0 rings (SSSR count). The number of hydrogen-bond donors (Lipinski definition) is 0. The van der Waals surface area contributed by atoms with E-state index in [-0.39, 0.29) is 7.42 Å². The molecule has 0 saturated heterocycles. The van der Waals surface area contributed by atoms with E-state index in [0.717, 1.165) is 0 Å². The first-order valence-corrected chi connectivity index (χ1v) is 7.43. The first kappa shape index (κ1) is 3.74. The second-order valence-electron chi connectivity index (χ2n) is 0.151. The predicted molar refractivity (Wildman–Crippen MR) is 24.4 cm³/mol. The monoisotopic (exact) mass is 283 g/mol. The summed E-state index contributed by atoms with van der Waals surface area (Å²) in [5, 5.41) is 0. The van der Waals surface area contributed by atoms with Crippen LogP contribution >= 0.6 is 8.02 Å². The van der Waals surface area contributed by atoms with Gasteiger partial charge in [-0.1, -0.05) is 0 Å². The zero-order valence-corrected chi connectivity index (χ0v) is 7.29. The van der Waals surface area contributed by atoms with Gasteiger partial charge in [-0.25, -0.2) is 0 Å². The fraction of sp³-hybridized carbons (Fsp3) is 0. The Morgan fingerprint density at radius 1 is 2.50 bits per heavy atom. The first-order valence-electron chi connectivity index (χ1n) is 0.946. The Labute approximate surface area is 44.0 Å². The Morgan fingerprint density at radius 3 is 2.75 bits per heavy atom. The van der Waals surface area contributed by atoms with E-state index in [0.29, 0.717) is 0 Å². The minimum absolute atomic E-state index is 0.159. The van der Waals surface area contributed by atoms with Gasteiger partial charge in [-0.15, -0.1) is 0 Å². The molecule has 0 spiro atoms. The third-order valence-electron chi connectivity index (χ3n) is 0.0340. The Morgan fingerprint density at radius 2 is 2.75 bits per heavy atom. The van der Waals surface area contributed by atoms with Crippen LogP contribution in [0.5, 0.6) is 0 Å². The quantitative estimate of drug-likeness (QED) is 0.341. The Balaban J connectivity index is 4.22. The summed E-state index contributed by atoms with van der Waals surface area (Å²) >= 11 is 1.32. The third-order valence-corrected chi connectivity index (χ3v) is 7.52. The minimum atomic E-state index is -0.159. The second kappa shape index (κ2) is 4.56. The fourth-order valence-corrected chi connectivity index (χ4v) is 0. The van der Waals surface area contributed by atoms with Gasteiger partial charge in [0.1, 0.15) is 0 Å². The van der Waals surface area contributed by atoms with Gasteiger partial charge in [-0.05, 0) is 0 Å². The van der Waals surface area contributed by atoms with E-state index in [9.17, 15) is 0 Å². The van der Waals surface area contributed by atoms with E-state index >= 15 is 0 Å². The van der Waals surface area contributed by atoms with Crippen molar-refractivity contribution in [3.63, 3.8) is 0 Å². The molecule has 0 nitrogen and oxygen atoms in total. The van der Waals surface area contributed by atoms with Gasteiger partial charge < -0.3 is 0 Å². The summed E-state index contributed by atoms with van der Waals surface area (Å²) in [5.41, 5.74) is 0. The van der Waals surface area contributed by atoms with E-state index in [2.05, 4.69) is 8.02 Å². The van der Waals surface area contributed by atoms with E-state index in [1.165, 1.54) is 27.5 Å². The molecule has 0 aliphatic rings. The summed E-state index contributed by atoms with van der Waals surface area (Å²) in [5.74, 6) is 0. The second-order valence-corrected chi connectivity index (χ2v) is 7.26. The SMILES string of the molecule is [3H][S-](=[W])=S=P. The molecule has 0 amide bonds. The molecule has 0 aromatic heterocycles. The molecule has 0 aromatic rings. The van der Waals surface area contributed by atoms with Crippen molar-refractivity contribution in [1.82, 2.24) is 0 Å². The van der Waals surface area contributed by atoms with Crippen LogP contribution in [0.15, 0.2) is 0 Å². The van der Waals surface area contributed by atoms with Gasteiger partial charge in [0.05, 0.1) is 0 Å². The zero-order chi connectivity index (χ0) is 4.28. The Kier molecular flexibility index (Phi) is 4.26. The van der Waals surface area contributed by atoms with Crippen molar-refractivity contribution in [3.05, 3.63) is 0 Å². The van der Waals surface area contributed by atoms with Crippen LogP contribution in [0.25, 0.3) is 0 Å². The molecule has 0 heterocycles. The van der Waals surface area contributed by atoms with Gasteiger partial charge in [0.15, 0.2) is 0 Å². The summed E-state index contributed by atoms with van der Waals surface area (Å²) in [4.78, 5) is 0. The van der Waals surface area contributed by atoms with Crippen molar-refractivity contribution in [1.29, 1.82) is 1.12 Å². The molecular weight excluding hydrogens is 279 g/mol. The average molecular weight is 283 g/mol. The summed E-state index contributed by atoms with van der Waals surface area (Å²) < 4.78 is 6.81. The summed E-state index contributed by atoms with van der Waals surface area (Å²) in [7, 11) is 4.38. The van der Waals surface area contributed by atoms with Crippen molar-refractivity contribution in [2.24, 2.45) is 0 Å². The Bertz CT molecular complexity index is 107. The van der Waals surface area contributed by atoms with Gasteiger partial charge in [-0.2, -0.15) is 0 Å². The molecule has 0 saturated carbocycles. The van der Waals surface area contributed by atoms with E-state index in [4.69, 9.17) is 1.12 Å². The molecule has 4 heavy (non-hydrogen) atoms. The number of hydrogen-bond acceptors (Lipinski definition) is 1. The van der Waals surface area contributed by atoms with E-state index in [1.54, 1.807) is 0 Å². The fourth-order valence-electron chi connectivity index (χ4n) is 0. The molecule has 0 atom stereocenters. The van der Waals surface area contributed by atoms with Gasteiger partial charge in [-0.3, -0.25) is 0 Å². The molecule has 0 fully saturated rings. The first-order chi connectivity index (χ1) is 2.27. The maximum absolute atomic E-state index is 6.81. The van der Waals surface area contributed by atoms with Crippen LogP contribution in [-0.2, 0) is 34.9 Å². The summed E-state index contributed by atoms with van der Waals surface area (Å²) in [6.45, 7) is 0. The van der Waals surface area contributed by atoms with Crippen molar-refractivity contribution in [2.45, 2.75) is 0 Å². The zero-order valence-electron chi connectivity index (χ0n) is 2.72. The maximum atomic E-state index is 6.81. The van der Waals surface area contributed by atoms with Crippen LogP contribution in [-0.4, -0.2) is 1.12 Å². The van der Waals surface area contributed by atoms with Crippen LogP contribution in [0, 0.1) is 0 Å². The van der Waals surface area contributed by atoms with Gasteiger partial charge >= 0.3 is 44.1 Å². The summed E-state index contributed by atoms with van der Waals surface area (Å²) in [6, 6.07) is 0. The normalized spacial score (nSPS) is 10.8. The van der Waals surface area contributed by atoms with Crippen molar-refractivity contribution >= 4 is 24.9 Å². The molecule has 0 unspecified atom stereocenters. The predicted octanol–water partition coefficient (Wildman–Crippen LogP) is 0.318. The third kappa shape index (κ3) is 3.56. The average Bonchev–Trinajstić information content (AvgIpc) is 1.38. The number of thiol groups is 1. The molecule has 0 bridgehead atoms. The molecule has 0 aromatic carbocycles. The molecule has 0 aliphatic heterocycles. The molecule has 26 valence electrons. The topological polar surface area (TPSA) is 0 Å². The van der Waals surface area contributed by atoms with Crippen molar-refractivity contribution < 1.29 is 18.0 Å². The summed E-state index contributed by atoms with van der Waals surface area (Å²) in [6.07, 6.45) is 0. The van der Waals surface area contributed by atoms with Crippen LogP contribution in [0.1, 0.15) is 0 Å². The standard InChI is InChI=1S/HPS2.W/c1-3-2;/h1H;/q;-2/p+1/i/hT. The van der Waals surface area contributed by atoms with E-state index < -0.39 is 0 Å².